The second kappa shape index (κ2) is 6.45. The predicted molar refractivity (Wildman–Crippen MR) is 78.5 cm³/mol. The number of nitrogens with one attached hydrogen (secondary N) is 2. The Morgan fingerprint density at radius 1 is 1.43 bits per heavy atom. The van der Waals surface area contributed by atoms with Crippen LogP contribution >= 0.6 is 0 Å². The van der Waals surface area contributed by atoms with E-state index < -0.39 is 17.2 Å². The molecule has 0 aliphatic carbocycles. The molecule has 5 nitrogen and oxygen atoms in total. The summed E-state index contributed by atoms with van der Waals surface area (Å²) in [6, 6.07) is 3.97. The van der Waals surface area contributed by atoms with Gasteiger partial charge in [0.05, 0.1) is 6.61 Å². The SMILES string of the molecule is O=C(CCc1cccc(F)c1F)NC1(c2ncc[nH]2)CCOC1. The molecule has 23 heavy (non-hydrogen) atoms. The summed E-state index contributed by atoms with van der Waals surface area (Å²) in [5.74, 6) is -1.42. The fourth-order valence-electron chi connectivity index (χ4n) is 2.76. The number of imidazole rings is 1. The van der Waals surface area contributed by atoms with Gasteiger partial charge in [0, 0.05) is 31.8 Å². The molecule has 1 unspecified atom stereocenters. The Kier molecular flexibility index (Phi) is 4.38. The third-order valence-electron chi connectivity index (χ3n) is 4.00. The first-order valence-corrected chi connectivity index (χ1v) is 7.42. The van der Waals surface area contributed by atoms with Crippen LogP contribution in [0.1, 0.15) is 24.2 Å². The number of ether oxygens (including phenoxy) is 1. The zero-order valence-electron chi connectivity index (χ0n) is 12.4. The molecular formula is C16H17F2N3O2. The van der Waals surface area contributed by atoms with Gasteiger partial charge in [-0.25, -0.2) is 13.8 Å². The summed E-state index contributed by atoms with van der Waals surface area (Å²) in [7, 11) is 0. The number of nitrogens with zero attached hydrogens (tertiary/aromatic N) is 1. The van der Waals surface area contributed by atoms with Gasteiger partial charge in [-0.1, -0.05) is 12.1 Å². The molecule has 7 heteroatoms. The van der Waals surface area contributed by atoms with E-state index in [-0.39, 0.29) is 24.3 Å². The number of halogens is 2. The summed E-state index contributed by atoms with van der Waals surface area (Å²) in [6.45, 7) is 0.861. The molecule has 1 fully saturated rings. The molecular weight excluding hydrogens is 304 g/mol. The van der Waals surface area contributed by atoms with E-state index in [4.69, 9.17) is 4.74 Å². The fraction of sp³-hybridized carbons (Fsp3) is 0.375. The standard InChI is InChI=1S/C16H17F2N3O2/c17-12-3-1-2-11(14(12)18)4-5-13(22)21-16(6-9-23-10-16)15-19-7-8-20-15/h1-3,7-8H,4-6,9-10H2,(H,19,20)(H,21,22). The lowest BCUT2D eigenvalue weighted by Gasteiger charge is -2.26. The number of aromatic amines is 1. The Bertz CT molecular complexity index is 683. The molecule has 1 aliphatic heterocycles. The lowest BCUT2D eigenvalue weighted by molar-refractivity contribution is -0.123. The minimum atomic E-state index is -0.904. The quantitative estimate of drug-likeness (QED) is 0.886. The highest BCUT2D eigenvalue weighted by atomic mass is 19.2. The van der Waals surface area contributed by atoms with Gasteiger partial charge in [-0.05, 0) is 18.1 Å². The zero-order valence-corrected chi connectivity index (χ0v) is 12.4. The largest absolute Gasteiger partial charge is 0.378 e. The van der Waals surface area contributed by atoms with Gasteiger partial charge in [0.25, 0.3) is 0 Å². The third-order valence-corrected chi connectivity index (χ3v) is 4.00. The number of carbonyl (C=O) groups excluding carboxylic acids is 1. The number of amides is 1. The van der Waals surface area contributed by atoms with E-state index in [1.54, 1.807) is 12.4 Å². The van der Waals surface area contributed by atoms with Crippen LogP contribution in [0.25, 0.3) is 0 Å². The molecule has 1 saturated heterocycles. The van der Waals surface area contributed by atoms with E-state index in [0.29, 0.717) is 25.5 Å². The van der Waals surface area contributed by atoms with Gasteiger partial charge in [-0.2, -0.15) is 0 Å². The molecule has 0 spiro atoms. The summed E-state index contributed by atoms with van der Waals surface area (Å²) in [5, 5.41) is 2.93. The van der Waals surface area contributed by atoms with Gasteiger partial charge in [-0.15, -0.1) is 0 Å². The molecule has 2 aromatic rings. The Labute approximate surface area is 132 Å². The van der Waals surface area contributed by atoms with Gasteiger partial charge < -0.3 is 15.0 Å². The maximum Gasteiger partial charge on any atom is 0.221 e. The summed E-state index contributed by atoms with van der Waals surface area (Å²) < 4.78 is 32.2. The number of aryl methyl sites for hydroxylation is 1. The van der Waals surface area contributed by atoms with Gasteiger partial charge in [0.15, 0.2) is 11.6 Å². The van der Waals surface area contributed by atoms with Crippen LogP contribution < -0.4 is 5.32 Å². The lowest BCUT2D eigenvalue weighted by Crippen LogP contribution is -2.47. The minimum Gasteiger partial charge on any atom is -0.378 e. The summed E-state index contributed by atoms with van der Waals surface area (Å²) in [5.41, 5.74) is -0.490. The first-order chi connectivity index (χ1) is 11.1. The minimum absolute atomic E-state index is 0.0584. The van der Waals surface area contributed by atoms with Crippen molar-refractivity contribution in [2.24, 2.45) is 0 Å². The van der Waals surface area contributed by atoms with Gasteiger partial charge in [0.1, 0.15) is 11.4 Å². The number of hydrogen-bond acceptors (Lipinski definition) is 3. The van der Waals surface area contributed by atoms with E-state index in [1.165, 1.54) is 12.1 Å². The predicted octanol–water partition coefficient (Wildman–Crippen LogP) is 2.05. The maximum absolute atomic E-state index is 13.6. The van der Waals surface area contributed by atoms with E-state index in [1.807, 2.05) is 0 Å². The van der Waals surface area contributed by atoms with Gasteiger partial charge in [-0.3, -0.25) is 4.79 Å². The van der Waals surface area contributed by atoms with Crippen molar-refractivity contribution in [1.82, 2.24) is 15.3 Å². The number of rotatable bonds is 5. The van der Waals surface area contributed by atoms with Crippen LogP contribution in [0.5, 0.6) is 0 Å². The summed E-state index contributed by atoms with van der Waals surface area (Å²) in [6.07, 6.45) is 4.10. The second-order valence-electron chi connectivity index (χ2n) is 5.58. The normalized spacial score (nSPS) is 20.6. The summed E-state index contributed by atoms with van der Waals surface area (Å²) in [4.78, 5) is 19.5. The van der Waals surface area contributed by atoms with Crippen molar-refractivity contribution in [3.8, 4) is 0 Å². The highest BCUT2D eigenvalue weighted by molar-refractivity contribution is 5.77. The van der Waals surface area contributed by atoms with Crippen LogP contribution in [0.15, 0.2) is 30.6 Å². The Hall–Kier alpha value is -2.28. The van der Waals surface area contributed by atoms with Crippen LogP contribution in [0.2, 0.25) is 0 Å². The van der Waals surface area contributed by atoms with Crippen molar-refractivity contribution in [3.05, 3.63) is 53.6 Å². The first-order valence-electron chi connectivity index (χ1n) is 7.42. The van der Waals surface area contributed by atoms with E-state index in [2.05, 4.69) is 15.3 Å². The number of aromatic nitrogens is 2. The molecule has 0 radical (unpaired) electrons. The average Bonchev–Trinajstić information content (AvgIpc) is 3.20. The molecule has 0 saturated carbocycles. The van der Waals surface area contributed by atoms with Crippen molar-refractivity contribution in [3.63, 3.8) is 0 Å². The van der Waals surface area contributed by atoms with Crippen molar-refractivity contribution < 1.29 is 18.3 Å². The van der Waals surface area contributed by atoms with Crippen LogP contribution in [-0.2, 0) is 21.5 Å². The van der Waals surface area contributed by atoms with Crippen LogP contribution in [0.3, 0.4) is 0 Å². The Balaban J connectivity index is 1.65. The van der Waals surface area contributed by atoms with Crippen molar-refractivity contribution in [2.75, 3.05) is 13.2 Å². The number of hydrogen-bond donors (Lipinski definition) is 2. The number of H-pyrrole nitrogens is 1. The molecule has 3 rings (SSSR count). The lowest BCUT2D eigenvalue weighted by atomic mass is 9.97. The van der Waals surface area contributed by atoms with Crippen LogP contribution in [-0.4, -0.2) is 29.1 Å². The van der Waals surface area contributed by atoms with Crippen LogP contribution in [0.4, 0.5) is 8.78 Å². The second-order valence-corrected chi connectivity index (χ2v) is 5.58. The highest BCUT2D eigenvalue weighted by Gasteiger charge is 2.40. The van der Waals surface area contributed by atoms with Crippen molar-refractivity contribution in [1.29, 1.82) is 0 Å². The molecule has 2 N–H and O–H groups in total. The molecule has 1 atom stereocenters. The Morgan fingerprint density at radius 2 is 2.30 bits per heavy atom. The molecule has 0 bridgehead atoms. The smallest absolute Gasteiger partial charge is 0.221 e. The first kappa shape index (κ1) is 15.6. The monoisotopic (exact) mass is 321 g/mol. The maximum atomic E-state index is 13.6. The van der Waals surface area contributed by atoms with Gasteiger partial charge in [0.2, 0.25) is 5.91 Å². The number of benzene rings is 1. The van der Waals surface area contributed by atoms with E-state index in [9.17, 15) is 13.6 Å². The molecule has 1 amide bonds. The third kappa shape index (κ3) is 3.24. The molecule has 122 valence electrons. The average molecular weight is 321 g/mol. The molecule has 2 heterocycles. The fourth-order valence-corrected chi connectivity index (χ4v) is 2.76. The van der Waals surface area contributed by atoms with E-state index in [0.717, 1.165) is 6.07 Å². The zero-order chi connectivity index (χ0) is 16.3. The molecule has 1 aromatic carbocycles. The van der Waals surface area contributed by atoms with Gasteiger partial charge >= 0.3 is 0 Å². The topological polar surface area (TPSA) is 67.0 Å². The Morgan fingerprint density at radius 3 is 3.00 bits per heavy atom. The van der Waals surface area contributed by atoms with Crippen LogP contribution in [0, 0.1) is 11.6 Å². The van der Waals surface area contributed by atoms with Crippen molar-refractivity contribution >= 4 is 5.91 Å². The molecule has 1 aromatic heterocycles. The van der Waals surface area contributed by atoms with Crippen molar-refractivity contribution in [2.45, 2.75) is 24.8 Å². The summed E-state index contributed by atoms with van der Waals surface area (Å²) >= 11 is 0. The molecule has 1 aliphatic rings. The number of carbonyl (C=O) groups is 1. The highest BCUT2D eigenvalue weighted by Crippen LogP contribution is 2.28. The van der Waals surface area contributed by atoms with E-state index >= 15 is 0 Å².